The SMILES string of the molecule is CC(C)(C)c1ccc(C(=O)N2CCC3(CC2)SCCN3C(=O)c2ccc(F)cc2)cc1. The number of nitrogens with zero attached hydrogens (tertiary/aromatic N) is 2. The van der Waals surface area contributed by atoms with Gasteiger partial charge >= 0.3 is 0 Å². The van der Waals surface area contributed by atoms with E-state index in [1.807, 2.05) is 45.8 Å². The number of hydrogen-bond donors (Lipinski definition) is 0. The normalized spacial score (nSPS) is 18.5. The molecule has 2 saturated heterocycles. The van der Waals surface area contributed by atoms with Crippen LogP contribution in [-0.2, 0) is 5.41 Å². The van der Waals surface area contributed by atoms with Crippen molar-refractivity contribution in [3.8, 4) is 0 Å². The number of likely N-dealkylation sites (tertiary alicyclic amines) is 1. The molecule has 2 aromatic rings. The zero-order valence-corrected chi connectivity index (χ0v) is 19.2. The van der Waals surface area contributed by atoms with Crippen molar-refractivity contribution in [3.05, 3.63) is 71.0 Å². The molecule has 2 aliphatic heterocycles. The van der Waals surface area contributed by atoms with Gasteiger partial charge in [-0.15, -0.1) is 11.8 Å². The van der Waals surface area contributed by atoms with Gasteiger partial charge in [0.1, 0.15) is 5.82 Å². The molecule has 0 radical (unpaired) electrons. The first-order valence-corrected chi connectivity index (χ1v) is 11.8. The van der Waals surface area contributed by atoms with Crippen molar-refractivity contribution in [1.82, 2.24) is 9.80 Å². The quantitative estimate of drug-likeness (QED) is 0.664. The van der Waals surface area contributed by atoms with Gasteiger partial charge in [-0.2, -0.15) is 0 Å². The Hall–Kier alpha value is -2.34. The average Bonchev–Trinajstić information content (AvgIpc) is 3.16. The fourth-order valence-corrected chi connectivity index (χ4v) is 5.87. The van der Waals surface area contributed by atoms with Crippen molar-refractivity contribution in [1.29, 1.82) is 0 Å². The second kappa shape index (κ2) is 8.30. The maximum Gasteiger partial charge on any atom is 0.254 e. The third-order valence-corrected chi connectivity index (χ3v) is 7.90. The molecule has 2 heterocycles. The summed E-state index contributed by atoms with van der Waals surface area (Å²) in [5.74, 6) is 0.538. The highest BCUT2D eigenvalue weighted by Crippen LogP contribution is 2.44. The zero-order chi connectivity index (χ0) is 22.2. The van der Waals surface area contributed by atoms with Crippen molar-refractivity contribution >= 4 is 23.6 Å². The largest absolute Gasteiger partial charge is 0.338 e. The lowest BCUT2D eigenvalue weighted by atomic mass is 9.86. The van der Waals surface area contributed by atoms with Crippen LogP contribution in [0.25, 0.3) is 0 Å². The van der Waals surface area contributed by atoms with Crippen molar-refractivity contribution < 1.29 is 14.0 Å². The van der Waals surface area contributed by atoms with Gasteiger partial charge < -0.3 is 9.80 Å². The highest BCUT2D eigenvalue weighted by atomic mass is 32.2. The summed E-state index contributed by atoms with van der Waals surface area (Å²) in [6.07, 6.45) is 1.49. The van der Waals surface area contributed by atoms with E-state index in [9.17, 15) is 14.0 Å². The van der Waals surface area contributed by atoms with Gasteiger partial charge in [0.25, 0.3) is 11.8 Å². The topological polar surface area (TPSA) is 40.6 Å². The van der Waals surface area contributed by atoms with Gasteiger partial charge in [-0.25, -0.2) is 4.39 Å². The standard InChI is InChI=1S/C25H29FN2O2S/c1-24(2,3)20-8-4-18(5-9-20)22(29)27-14-12-25(13-15-27)28(16-17-31-25)23(30)19-6-10-21(26)11-7-19/h4-11H,12-17H2,1-3H3. The van der Waals surface area contributed by atoms with Crippen LogP contribution in [0.4, 0.5) is 4.39 Å². The van der Waals surface area contributed by atoms with Crippen molar-refractivity contribution in [3.63, 3.8) is 0 Å². The molecule has 2 aromatic carbocycles. The molecule has 0 aliphatic carbocycles. The molecule has 31 heavy (non-hydrogen) atoms. The van der Waals surface area contributed by atoms with Gasteiger partial charge in [0.15, 0.2) is 0 Å². The van der Waals surface area contributed by atoms with E-state index in [2.05, 4.69) is 20.8 Å². The summed E-state index contributed by atoms with van der Waals surface area (Å²) in [4.78, 5) is 29.7. The summed E-state index contributed by atoms with van der Waals surface area (Å²) < 4.78 is 13.2. The highest BCUT2D eigenvalue weighted by molar-refractivity contribution is 8.00. The molecule has 2 amide bonds. The number of carbonyl (C=O) groups is 2. The molecule has 1 spiro atoms. The molecule has 0 saturated carbocycles. The van der Waals surface area contributed by atoms with E-state index in [4.69, 9.17) is 0 Å². The van der Waals surface area contributed by atoms with Crippen LogP contribution in [0.15, 0.2) is 48.5 Å². The summed E-state index contributed by atoms with van der Waals surface area (Å²) in [6.45, 7) is 8.41. The monoisotopic (exact) mass is 440 g/mol. The van der Waals surface area contributed by atoms with Gasteiger partial charge in [-0.1, -0.05) is 32.9 Å². The Balaban J connectivity index is 1.44. The Kier molecular flexibility index (Phi) is 5.86. The van der Waals surface area contributed by atoms with Crippen LogP contribution >= 0.6 is 11.8 Å². The van der Waals surface area contributed by atoms with E-state index < -0.39 is 0 Å². The van der Waals surface area contributed by atoms with E-state index in [1.165, 1.54) is 17.7 Å². The van der Waals surface area contributed by atoms with Gasteiger partial charge in [0.2, 0.25) is 0 Å². The van der Waals surface area contributed by atoms with Gasteiger partial charge in [0, 0.05) is 36.5 Å². The van der Waals surface area contributed by atoms with Crippen molar-refractivity contribution in [2.75, 3.05) is 25.4 Å². The summed E-state index contributed by atoms with van der Waals surface area (Å²) in [6, 6.07) is 13.7. The molecule has 2 aliphatic rings. The zero-order valence-electron chi connectivity index (χ0n) is 18.4. The van der Waals surface area contributed by atoms with E-state index in [0.29, 0.717) is 30.8 Å². The summed E-state index contributed by atoms with van der Waals surface area (Å²) in [5, 5.41) is 0. The van der Waals surface area contributed by atoms with Crippen LogP contribution in [0.2, 0.25) is 0 Å². The Morgan fingerprint density at radius 2 is 1.42 bits per heavy atom. The van der Waals surface area contributed by atoms with Crippen LogP contribution in [0.3, 0.4) is 0 Å². The average molecular weight is 441 g/mol. The van der Waals surface area contributed by atoms with Gasteiger partial charge in [-0.05, 0) is 60.2 Å². The molecule has 0 N–H and O–H groups in total. The number of rotatable bonds is 2. The Morgan fingerprint density at radius 3 is 2.00 bits per heavy atom. The second-order valence-electron chi connectivity index (χ2n) is 9.38. The second-order valence-corrected chi connectivity index (χ2v) is 10.8. The van der Waals surface area contributed by atoms with Crippen molar-refractivity contribution in [2.24, 2.45) is 0 Å². The van der Waals surface area contributed by atoms with Crippen LogP contribution in [0.1, 0.15) is 59.9 Å². The minimum Gasteiger partial charge on any atom is -0.338 e. The lowest BCUT2D eigenvalue weighted by Gasteiger charge is -2.44. The summed E-state index contributed by atoms with van der Waals surface area (Å²) >= 11 is 1.81. The molecular weight excluding hydrogens is 411 g/mol. The molecule has 2 fully saturated rings. The molecule has 4 rings (SSSR count). The smallest absolute Gasteiger partial charge is 0.254 e. The van der Waals surface area contributed by atoms with Crippen LogP contribution < -0.4 is 0 Å². The molecule has 0 unspecified atom stereocenters. The number of carbonyl (C=O) groups excluding carboxylic acids is 2. The fraction of sp³-hybridized carbons (Fsp3) is 0.440. The van der Waals surface area contributed by atoms with E-state index in [1.54, 1.807) is 12.1 Å². The fourth-order valence-electron chi connectivity index (χ4n) is 4.41. The van der Waals surface area contributed by atoms with E-state index >= 15 is 0 Å². The first-order valence-electron chi connectivity index (χ1n) is 10.8. The maximum absolute atomic E-state index is 13.2. The minimum atomic E-state index is -0.343. The van der Waals surface area contributed by atoms with E-state index in [-0.39, 0.29) is 27.9 Å². The number of benzene rings is 2. The number of halogens is 1. The Labute approximate surface area is 187 Å². The number of piperidine rings is 1. The molecule has 4 nitrogen and oxygen atoms in total. The van der Waals surface area contributed by atoms with Crippen LogP contribution in [0.5, 0.6) is 0 Å². The number of thioether (sulfide) groups is 1. The molecule has 0 aromatic heterocycles. The van der Waals surface area contributed by atoms with Gasteiger partial charge in [-0.3, -0.25) is 9.59 Å². The predicted molar refractivity (Wildman–Crippen MR) is 123 cm³/mol. The van der Waals surface area contributed by atoms with Crippen LogP contribution in [-0.4, -0.2) is 51.9 Å². The summed E-state index contributed by atoms with van der Waals surface area (Å²) in [7, 11) is 0. The first kappa shape index (κ1) is 21.9. The maximum atomic E-state index is 13.2. The lowest BCUT2D eigenvalue weighted by Crippen LogP contribution is -2.53. The highest BCUT2D eigenvalue weighted by Gasteiger charge is 2.47. The number of hydrogen-bond acceptors (Lipinski definition) is 3. The van der Waals surface area contributed by atoms with Gasteiger partial charge in [0.05, 0.1) is 4.87 Å². The molecule has 164 valence electrons. The van der Waals surface area contributed by atoms with Crippen LogP contribution in [0, 0.1) is 5.82 Å². The van der Waals surface area contributed by atoms with E-state index in [0.717, 1.165) is 18.6 Å². The summed E-state index contributed by atoms with van der Waals surface area (Å²) in [5.41, 5.74) is 2.49. The van der Waals surface area contributed by atoms with Crippen molar-refractivity contribution in [2.45, 2.75) is 43.9 Å². The third kappa shape index (κ3) is 4.36. The minimum absolute atomic E-state index is 0.0507. The predicted octanol–water partition coefficient (Wildman–Crippen LogP) is 4.94. The molecule has 0 bridgehead atoms. The Bertz CT molecular complexity index is 959. The lowest BCUT2D eigenvalue weighted by molar-refractivity contribution is 0.0498. The first-order chi connectivity index (χ1) is 14.7. The molecule has 0 atom stereocenters. The third-order valence-electron chi connectivity index (χ3n) is 6.34. The molecule has 6 heteroatoms. The number of amides is 2. The molecular formula is C25H29FN2O2S. The Morgan fingerprint density at radius 1 is 0.871 bits per heavy atom.